The standard InChI is InChI=1S/C8H7BrN2O/c1-11-4-6(9)5-2-3-10-7(5)8(11)12/h2-5H,1H3. The van der Waals surface area contributed by atoms with E-state index in [0.717, 1.165) is 4.48 Å². The van der Waals surface area contributed by atoms with Gasteiger partial charge in [0, 0.05) is 23.9 Å². The van der Waals surface area contributed by atoms with Gasteiger partial charge in [-0.05, 0) is 0 Å². The summed E-state index contributed by atoms with van der Waals surface area (Å²) >= 11 is 3.40. The second-order valence-electron chi connectivity index (χ2n) is 2.76. The molecule has 62 valence electrons. The minimum Gasteiger partial charge on any atom is -0.316 e. The molecule has 0 aromatic carbocycles. The number of allylic oxidation sites excluding steroid dienone is 2. The molecule has 0 aromatic heterocycles. The number of carbonyl (C=O) groups is 1. The van der Waals surface area contributed by atoms with Crippen LogP contribution in [-0.4, -0.2) is 23.6 Å². The zero-order valence-electron chi connectivity index (χ0n) is 6.49. The molecule has 1 atom stereocenters. The van der Waals surface area contributed by atoms with Gasteiger partial charge in [-0.3, -0.25) is 9.79 Å². The lowest BCUT2D eigenvalue weighted by Gasteiger charge is -2.22. The molecule has 4 heteroatoms. The summed E-state index contributed by atoms with van der Waals surface area (Å²) in [4.78, 5) is 17.0. The maximum Gasteiger partial charge on any atom is 0.272 e. The third-order valence-electron chi connectivity index (χ3n) is 1.94. The molecular formula is C8H7BrN2O. The van der Waals surface area contributed by atoms with E-state index in [2.05, 4.69) is 20.9 Å². The molecule has 0 fully saturated rings. The van der Waals surface area contributed by atoms with Crippen LogP contribution < -0.4 is 0 Å². The lowest BCUT2D eigenvalue weighted by molar-refractivity contribution is -0.121. The molecule has 2 aliphatic rings. The minimum absolute atomic E-state index is 0.0202. The van der Waals surface area contributed by atoms with Gasteiger partial charge < -0.3 is 4.90 Å². The summed E-state index contributed by atoms with van der Waals surface area (Å²) in [5.41, 5.74) is 0.604. The third kappa shape index (κ3) is 0.948. The molecule has 0 saturated heterocycles. The first-order valence-electron chi connectivity index (χ1n) is 3.59. The summed E-state index contributed by atoms with van der Waals surface area (Å²) < 4.78 is 0.983. The number of halogens is 1. The molecule has 0 aromatic rings. The average Bonchev–Trinajstić information content (AvgIpc) is 2.48. The normalized spacial score (nSPS) is 27.0. The number of rotatable bonds is 0. The largest absolute Gasteiger partial charge is 0.316 e. The van der Waals surface area contributed by atoms with E-state index < -0.39 is 0 Å². The van der Waals surface area contributed by atoms with Crippen LogP contribution in [0.4, 0.5) is 0 Å². The van der Waals surface area contributed by atoms with Crippen LogP contribution in [0.2, 0.25) is 0 Å². The Labute approximate surface area is 78.6 Å². The van der Waals surface area contributed by atoms with Crippen molar-refractivity contribution in [3.63, 3.8) is 0 Å². The number of nitrogens with zero attached hydrogens (tertiary/aromatic N) is 2. The summed E-state index contributed by atoms with van der Waals surface area (Å²) in [5, 5.41) is 0. The fourth-order valence-corrected chi connectivity index (χ4v) is 1.97. The maximum atomic E-state index is 11.4. The van der Waals surface area contributed by atoms with E-state index in [4.69, 9.17) is 0 Å². The lowest BCUT2D eigenvalue weighted by atomic mass is 10.0. The van der Waals surface area contributed by atoms with E-state index in [9.17, 15) is 4.79 Å². The summed E-state index contributed by atoms with van der Waals surface area (Å²) in [7, 11) is 1.72. The van der Waals surface area contributed by atoms with Crippen molar-refractivity contribution in [2.24, 2.45) is 10.9 Å². The summed E-state index contributed by atoms with van der Waals surface area (Å²) in [6.07, 6.45) is 5.36. The van der Waals surface area contributed by atoms with Crippen molar-refractivity contribution in [1.29, 1.82) is 0 Å². The van der Waals surface area contributed by atoms with Crippen LogP contribution in [0, 0.1) is 5.92 Å². The molecular weight excluding hydrogens is 220 g/mol. The van der Waals surface area contributed by atoms with E-state index in [1.807, 2.05) is 6.08 Å². The molecule has 0 spiro atoms. The smallest absolute Gasteiger partial charge is 0.272 e. The Hall–Kier alpha value is -0.900. The Morgan fingerprint density at radius 1 is 1.67 bits per heavy atom. The van der Waals surface area contributed by atoms with Gasteiger partial charge in [-0.25, -0.2) is 0 Å². The Bertz CT molecular complexity index is 330. The second kappa shape index (κ2) is 2.55. The van der Waals surface area contributed by atoms with Crippen LogP contribution in [0.3, 0.4) is 0 Å². The average molecular weight is 227 g/mol. The predicted molar refractivity (Wildman–Crippen MR) is 49.8 cm³/mol. The van der Waals surface area contributed by atoms with Crippen LogP contribution in [0.15, 0.2) is 28.0 Å². The SMILES string of the molecule is CN1C=C(Br)C2C=CN=C2C1=O. The number of hydrogen-bond donors (Lipinski definition) is 0. The molecule has 0 N–H and O–H groups in total. The molecule has 0 saturated carbocycles. The number of amides is 1. The van der Waals surface area contributed by atoms with E-state index in [-0.39, 0.29) is 11.8 Å². The van der Waals surface area contributed by atoms with Gasteiger partial charge in [0.05, 0.1) is 5.92 Å². The van der Waals surface area contributed by atoms with Crippen LogP contribution >= 0.6 is 15.9 Å². The van der Waals surface area contributed by atoms with Crippen molar-refractivity contribution in [1.82, 2.24) is 4.90 Å². The Balaban J connectivity index is 2.47. The number of hydrogen-bond acceptors (Lipinski definition) is 2. The van der Waals surface area contributed by atoms with E-state index in [0.29, 0.717) is 5.71 Å². The molecule has 1 amide bonds. The molecule has 3 nitrogen and oxygen atoms in total. The molecule has 0 aliphatic carbocycles. The van der Waals surface area contributed by atoms with Crippen molar-refractivity contribution >= 4 is 27.5 Å². The van der Waals surface area contributed by atoms with E-state index in [1.54, 1.807) is 19.4 Å². The van der Waals surface area contributed by atoms with Crippen LogP contribution in [0.25, 0.3) is 0 Å². The van der Waals surface area contributed by atoms with Gasteiger partial charge in [0.25, 0.3) is 5.91 Å². The van der Waals surface area contributed by atoms with Crippen molar-refractivity contribution in [2.75, 3.05) is 7.05 Å². The van der Waals surface area contributed by atoms with Gasteiger partial charge in [-0.2, -0.15) is 0 Å². The van der Waals surface area contributed by atoms with Crippen molar-refractivity contribution in [3.8, 4) is 0 Å². The fraction of sp³-hybridized carbons (Fsp3) is 0.250. The molecule has 12 heavy (non-hydrogen) atoms. The predicted octanol–water partition coefficient (Wildman–Crippen LogP) is 1.28. The number of fused-ring (bicyclic) bond motifs is 1. The van der Waals surface area contributed by atoms with Crippen LogP contribution in [0.1, 0.15) is 0 Å². The van der Waals surface area contributed by atoms with Gasteiger partial charge >= 0.3 is 0 Å². The van der Waals surface area contributed by atoms with Crippen molar-refractivity contribution in [2.45, 2.75) is 0 Å². The third-order valence-corrected chi connectivity index (χ3v) is 2.64. The lowest BCUT2D eigenvalue weighted by Crippen LogP contribution is -2.36. The molecule has 0 radical (unpaired) electrons. The second-order valence-corrected chi connectivity index (χ2v) is 3.68. The minimum atomic E-state index is -0.0202. The maximum absolute atomic E-state index is 11.4. The molecule has 2 rings (SSSR count). The van der Waals surface area contributed by atoms with Gasteiger partial charge in [0.2, 0.25) is 0 Å². The van der Waals surface area contributed by atoms with Gasteiger partial charge in [0.1, 0.15) is 5.71 Å². The highest BCUT2D eigenvalue weighted by Gasteiger charge is 2.31. The molecule has 2 aliphatic heterocycles. The summed E-state index contributed by atoms with van der Waals surface area (Å²) in [6.45, 7) is 0. The van der Waals surface area contributed by atoms with E-state index >= 15 is 0 Å². The zero-order chi connectivity index (χ0) is 8.72. The monoisotopic (exact) mass is 226 g/mol. The summed E-state index contributed by atoms with van der Waals surface area (Å²) in [5.74, 6) is 0.0295. The van der Waals surface area contributed by atoms with E-state index in [1.165, 1.54) is 4.90 Å². The Kier molecular flexibility index (Phi) is 1.65. The quantitative estimate of drug-likeness (QED) is 0.613. The topological polar surface area (TPSA) is 32.7 Å². The molecule has 1 unspecified atom stereocenters. The van der Waals surface area contributed by atoms with Crippen molar-refractivity contribution in [3.05, 3.63) is 23.0 Å². The van der Waals surface area contributed by atoms with Gasteiger partial charge in [-0.15, -0.1) is 0 Å². The highest BCUT2D eigenvalue weighted by atomic mass is 79.9. The number of aliphatic imine (C=N–C) groups is 1. The molecule has 0 bridgehead atoms. The first-order chi connectivity index (χ1) is 5.70. The van der Waals surface area contributed by atoms with Crippen LogP contribution in [-0.2, 0) is 4.79 Å². The highest BCUT2D eigenvalue weighted by Crippen LogP contribution is 2.29. The highest BCUT2D eigenvalue weighted by molar-refractivity contribution is 9.11. The fourth-order valence-electron chi connectivity index (χ4n) is 1.30. The first-order valence-corrected chi connectivity index (χ1v) is 4.38. The van der Waals surface area contributed by atoms with Crippen molar-refractivity contribution < 1.29 is 4.79 Å². The summed E-state index contributed by atoms with van der Waals surface area (Å²) in [6, 6.07) is 0. The van der Waals surface area contributed by atoms with Gasteiger partial charge in [-0.1, -0.05) is 22.0 Å². The number of carbonyl (C=O) groups excluding carboxylic acids is 1. The molecule has 2 heterocycles. The first kappa shape index (κ1) is 7.73. The van der Waals surface area contributed by atoms with Gasteiger partial charge in [0.15, 0.2) is 0 Å². The zero-order valence-corrected chi connectivity index (χ0v) is 8.08. The van der Waals surface area contributed by atoms with Crippen LogP contribution in [0.5, 0.6) is 0 Å². The Morgan fingerprint density at radius 3 is 3.17 bits per heavy atom. The Morgan fingerprint density at radius 2 is 2.42 bits per heavy atom.